The molecular formula is C17H18F6O2. The lowest BCUT2D eigenvalue weighted by Crippen LogP contribution is -2.56. The van der Waals surface area contributed by atoms with Crippen LogP contribution in [0.4, 0.5) is 26.3 Å². The molecule has 0 amide bonds. The molecule has 140 valence electrons. The highest BCUT2D eigenvalue weighted by atomic mass is 19.4. The molecule has 1 rings (SSSR count). The molecule has 2 nitrogen and oxygen atoms in total. The maximum Gasteiger partial charge on any atom is 0.430 e. The molecule has 25 heavy (non-hydrogen) atoms. The van der Waals surface area contributed by atoms with Gasteiger partial charge in [0, 0.05) is 12.5 Å². The summed E-state index contributed by atoms with van der Waals surface area (Å²) < 4.78 is 89.9. The molecule has 0 aliphatic heterocycles. The second kappa shape index (κ2) is 8.00. The Labute approximate surface area is 142 Å². The number of rotatable bonds is 6. The zero-order chi connectivity index (χ0) is 19.3. The Morgan fingerprint density at radius 3 is 2.16 bits per heavy atom. The average Bonchev–Trinajstić information content (AvgIpc) is 2.51. The highest BCUT2D eigenvalue weighted by Crippen LogP contribution is 2.53. The molecule has 0 aliphatic rings. The van der Waals surface area contributed by atoms with Gasteiger partial charge in [0.2, 0.25) is 6.79 Å². The zero-order valence-electron chi connectivity index (χ0n) is 13.9. The zero-order valence-corrected chi connectivity index (χ0v) is 13.9. The van der Waals surface area contributed by atoms with Crippen molar-refractivity contribution < 1.29 is 35.8 Å². The molecule has 1 atom stereocenters. The molecule has 1 aromatic rings. The molecule has 1 unspecified atom stereocenters. The van der Waals surface area contributed by atoms with Gasteiger partial charge in [-0.25, -0.2) is 0 Å². The van der Waals surface area contributed by atoms with Crippen LogP contribution in [0.2, 0.25) is 0 Å². The van der Waals surface area contributed by atoms with E-state index in [0.29, 0.717) is 12.0 Å². The average molecular weight is 368 g/mol. The fourth-order valence-electron chi connectivity index (χ4n) is 2.25. The van der Waals surface area contributed by atoms with Gasteiger partial charge >= 0.3 is 12.4 Å². The summed E-state index contributed by atoms with van der Waals surface area (Å²) in [5, 5.41) is 0. The number of halogens is 6. The topological polar surface area (TPSA) is 18.5 Å². The normalized spacial score (nSPS) is 13.8. The highest BCUT2D eigenvalue weighted by molar-refractivity contribution is 5.33. The van der Waals surface area contributed by atoms with Crippen molar-refractivity contribution in [2.45, 2.75) is 51.1 Å². The van der Waals surface area contributed by atoms with E-state index in [2.05, 4.69) is 15.4 Å². The lowest BCUT2D eigenvalue weighted by Gasteiger charge is -2.37. The van der Waals surface area contributed by atoms with Crippen LogP contribution in [0.15, 0.2) is 24.3 Å². The van der Waals surface area contributed by atoms with Crippen LogP contribution >= 0.6 is 0 Å². The van der Waals surface area contributed by atoms with Crippen molar-refractivity contribution in [3.05, 3.63) is 35.4 Å². The minimum atomic E-state index is -5.75. The first-order valence-corrected chi connectivity index (χ1v) is 7.42. The third-order valence-corrected chi connectivity index (χ3v) is 3.78. The molecule has 8 heteroatoms. The van der Waals surface area contributed by atoms with Crippen LogP contribution in [0.3, 0.4) is 0 Å². The van der Waals surface area contributed by atoms with E-state index in [1.807, 2.05) is 6.11 Å². The van der Waals surface area contributed by atoms with Crippen molar-refractivity contribution >= 4 is 0 Å². The second-order valence-corrected chi connectivity index (χ2v) is 5.37. The predicted octanol–water partition coefficient (Wildman–Crippen LogP) is 5.49. The Kier molecular flexibility index (Phi) is 6.77. The molecular weight excluding hydrogens is 350 g/mol. The summed E-state index contributed by atoms with van der Waals surface area (Å²) in [6.45, 7) is 3.53. The van der Waals surface area contributed by atoms with Crippen molar-refractivity contribution in [1.29, 1.82) is 0 Å². The molecule has 0 fully saturated rings. The number of ether oxygens (including phenoxy) is 2. The van der Waals surface area contributed by atoms with E-state index in [1.165, 1.54) is 13.0 Å². The quantitative estimate of drug-likeness (QED) is 0.286. The predicted molar refractivity (Wildman–Crippen MR) is 79.4 cm³/mol. The van der Waals surface area contributed by atoms with E-state index in [0.717, 1.165) is 18.2 Å². The summed E-state index contributed by atoms with van der Waals surface area (Å²) in [7, 11) is 0. The molecule has 0 spiro atoms. The molecule has 0 saturated heterocycles. The van der Waals surface area contributed by atoms with Gasteiger partial charge in [-0.15, -0.1) is 0 Å². The van der Waals surface area contributed by atoms with Crippen LogP contribution in [0.1, 0.15) is 44.2 Å². The van der Waals surface area contributed by atoms with Crippen LogP contribution in [-0.2, 0) is 15.1 Å². The molecule has 0 radical (unpaired) electrons. The van der Waals surface area contributed by atoms with Gasteiger partial charge in [-0.3, -0.25) is 0 Å². The van der Waals surface area contributed by atoms with E-state index < -0.39 is 30.3 Å². The van der Waals surface area contributed by atoms with Gasteiger partial charge in [0.25, 0.3) is 5.60 Å². The second-order valence-electron chi connectivity index (χ2n) is 5.37. The van der Waals surface area contributed by atoms with Crippen molar-refractivity contribution in [3.8, 4) is 12.0 Å². The number of hydrogen-bond acceptors (Lipinski definition) is 2. The summed E-state index contributed by atoms with van der Waals surface area (Å²) in [4.78, 5) is 0. The fraction of sp³-hybridized carbons (Fsp3) is 0.529. The maximum absolute atomic E-state index is 13.5. The summed E-state index contributed by atoms with van der Waals surface area (Å²) in [5.41, 5.74) is -5.19. The Morgan fingerprint density at radius 1 is 1.08 bits per heavy atom. The Balaban J connectivity index is 3.50. The van der Waals surface area contributed by atoms with Gasteiger partial charge in [0.05, 0.1) is 0 Å². The smallest absolute Gasteiger partial charge is 0.417 e. The van der Waals surface area contributed by atoms with Gasteiger partial charge in [-0.2, -0.15) is 26.3 Å². The SMILES string of the molecule is CC#COCOC(c1cccc(C(C)CC)c1)(C(F)(F)F)C(F)(F)F. The van der Waals surface area contributed by atoms with Crippen LogP contribution in [0, 0.1) is 12.0 Å². The number of hydrogen-bond donors (Lipinski definition) is 0. The monoisotopic (exact) mass is 368 g/mol. The first kappa shape index (κ1) is 21.2. The third-order valence-electron chi connectivity index (χ3n) is 3.78. The van der Waals surface area contributed by atoms with Gasteiger partial charge in [0.15, 0.2) is 0 Å². The van der Waals surface area contributed by atoms with Crippen LogP contribution in [0.5, 0.6) is 0 Å². The molecule has 1 aromatic carbocycles. The lowest BCUT2D eigenvalue weighted by molar-refractivity contribution is -0.399. The lowest BCUT2D eigenvalue weighted by atomic mass is 9.88. The standard InChI is InChI=1S/C17H18F6O2/c1-4-9-24-11-25-15(16(18,19)20,17(21,22)23)14-8-6-7-13(10-14)12(3)5-2/h6-8,10,12H,5,11H2,1-3H3. The van der Waals surface area contributed by atoms with Crippen molar-refractivity contribution in [2.24, 2.45) is 0 Å². The molecule has 0 aliphatic carbocycles. The molecule has 0 N–H and O–H groups in total. The Morgan fingerprint density at radius 2 is 1.68 bits per heavy atom. The highest BCUT2D eigenvalue weighted by Gasteiger charge is 2.73. The van der Waals surface area contributed by atoms with Crippen molar-refractivity contribution in [2.75, 3.05) is 6.79 Å². The first-order chi connectivity index (χ1) is 11.5. The maximum atomic E-state index is 13.5. The van der Waals surface area contributed by atoms with Gasteiger partial charge in [-0.1, -0.05) is 44.0 Å². The largest absolute Gasteiger partial charge is 0.430 e. The van der Waals surface area contributed by atoms with Crippen LogP contribution in [0.25, 0.3) is 0 Å². The summed E-state index contributed by atoms with van der Waals surface area (Å²) >= 11 is 0. The van der Waals surface area contributed by atoms with Crippen molar-refractivity contribution in [3.63, 3.8) is 0 Å². The first-order valence-electron chi connectivity index (χ1n) is 7.42. The summed E-state index contributed by atoms with van der Waals surface area (Å²) in [6, 6.07) is 4.26. The third kappa shape index (κ3) is 4.40. The van der Waals surface area contributed by atoms with E-state index in [1.54, 1.807) is 13.8 Å². The Hall–Kier alpha value is -1.88. The summed E-state index contributed by atoms with van der Waals surface area (Å²) in [5.74, 6) is 1.98. The minimum absolute atomic E-state index is 0.207. The molecule has 0 aromatic heterocycles. The Bertz CT molecular complexity index is 610. The molecule has 0 saturated carbocycles. The van der Waals surface area contributed by atoms with Crippen LogP contribution in [-0.4, -0.2) is 19.1 Å². The van der Waals surface area contributed by atoms with Crippen LogP contribution < -0.4 is 0 Å². The van der Waals surface area contributed by atoms with Gasteiger partial charge in [-0.05, 0) is 17.9 Å². The van der Waals surface area contributed by atoms with E-state index in [4.69, 9.17) is 0 Å². The minimum Gasteiger partial charge on any atom is -0.417 e. The number of benzene rings is 1. The fourth-order valence-corrected chi connectivity index (χ4v) is 2.25. The van der Waals surface area contributed by atoms with E-state index >= 15 is 0 Å². The number of alkyl halides is 6. The molecule has 0 heterocycles. The van der Waals surface area contributed by atoms with E-state index in [9.17, 15) is 26.3 Å². The molecule has 0 bridgehead atoms. The van der Waals surface area contributed by atoms with Gasteiger partial charge < -0.3 is 9.47 Å². The van der Waals surface area contributed by atoms with E-state index in [-0.39, 0.29) is 5.92 Å². The summed E-state index contributed by atoms with van der Waals surface area (Å²) in [6.07, 6.45) is -9.03. The van der Waals surface area contributed by atoms with Gasteiger partial charge in [0.1, 0.15) is 6.11 Å². The van der Waals surface area contributed by atoms with Crippen molar-refractivity contribution in [1.82, 2.24) is 0 Å².